The van der Waals surface area contributed by atoms with E-state index in [-0.39, 0.29) is 29.3 Å². The Morgan fingerprint density at radius 2 is 1.82 bits per heavy atom. The van der Waals surface area contributed by atoms with Crippen LogP contribution in [0.2, 0.25) is 0 Å². The van der Waals surface area contributed by atoms with E-state index >= 15 is 0 Å². The highest BCUT2D eigenvalue weighted by Gasteiger charge is 2.46. The predicted octanol–water partition coefficient (Wildman–Crippen LogP) is 1.64. The second kappa shape index (κ2) is 12.7. The maximum Gasteiger partial charge on any atom is 0.303 e. The van der Waals surface area contributed by atoms with E-state index in [9.17, 15) is 28.8 Å². The van der Waals surface area contributed by atoms with Crippen LogP contribution in [0.4, 0.5) is 10.1 Å². The molecule has 0 aliphatic carbocycles. The zero-order valence-corrected chi connectivity index (χ0v) is 23.4. The molecule has 1 N–H and O–H groups in total. The number of carbonyl (C=O) groups excluding carboxylic acids is 4. The van der Waals surface area contributed by atoms with Gasteiger partial charge in [0.2, 0.25) is 12.2 Å². The monoisotopic (exact) mass is 573 g/mol. The average Bonchev–Trinajstić information content (AvgIpc) is 3.46. The third-order valence-corrected chi connectivity index (χ3v) is 8.39. The van der Waals surface area contributed by atoms with Crippen LogP contribution in [0.15, 0.2) is 23.2 Å². The van der Waals surface area contributed by atoms with Crippen LogP contribution < -0.4 is 10.2 Å². The molecule has 2 fully saturated rings. The number of aliphatic imine (C=N–C) groups is 1. The van der Waals surface area contributed by atoms with Crippen LogP contribution in [-0.4, -0.2) is 89.9 Å². The number of rotatable bonds is 8. The largest absolute Gasteiger partial charge is 0.448 e. The fraction of sp³-hybridized carbons (Fsp3) is 0.556. The second-order valence-corrected chi connectivity index (χ2v) is 11.6. The Kier molecular flexibility index (Phi) is 9.29. The van der Waals surface area contributed by atoms with E-state index in [0.717, 1.165) is 18.9 Å². The first kappa shape index (κ1) is 29.3. The number of nitrogens with one attached hydrogen (secondary N) is 1. The maximum absolute atomic E-state index is 13.5. The van der Waals surface area contributed by atoms with E-state index < -0.39 is 41.8 Å². The number of ether oxygens (including phenoxy) is 2. The summed E-state index contributed by atoms with van der Waals surface area (Å²) >= 11 is 1.58. The molecule has 11 nitrogen and oxygen atoms in total. The lowest BCUT2D eigenvalue weighted by Crippen LogP contribution is -2.54. The Morgan fingerprint density at radius 3 is 2.45 bits per heavy atom. The van der Waals surface area contributed by atoms with Crippen molar-refractivity contribution < 1.29 is 33.0 Å². The smallest absolute Gasteiger partial charge is 0.303 e. The van der Waals surface area contributed by atoms with E-state index in [1.807, 2.05) is 17.9 Å². The zero-order chi connectivity index (χ0) is 29.0. The minimum absolute atomic E-state index is 0.0713. The molecule has 1 aromatic carbocycles. The molecule has 214 valence electrons. The van der Waals surface area contributed by atoms with Crippen molar-refractivity contribution in [1.29, 1.82) is 5.26 Å². The summed E-state index contributed by atoms with van der Waals surface area (Å²) in [5.41, 5.74) is 0.925. The first-order chi connectivity index (χ1) is 19.0. The average molecular weight is 574 g/mol. The van der Waals surface area contributed by atoms with Crippen LogP contribution in [-0.2, 0) is 28.7 Å². The van der Waals surface area contributed by atoms with Gasteiger partial charge in [-0.15, -0.1) is 11.8 Å². The summed E-state index contributed by atoms with van der Waals surface area (Å²) in [6, 6.07) is 6.07. The van der Waals surface area contributed by atoms with Crippen LogP contribution in [0.5, 0.6) is 0 Å². The highest BCUT2D eigenvalue weighted by atomic mass is 32.2. The number of hydrogen-bond acceptors (Lipinski definition) is 10. The fourth-order valence-electron chi connectivity index (χ4n) is 5.29. The van der Waals surface area contributed by atoms with Crippen molar-refractivity contribution in [2.24, 2.45) is 10.9 Å². The number of nitriles is 1. The minimum atomic E-state index is -1.65. The fourth-order valence-corrected chi connectivity index (χ4v) is 6.48. The number of likely N-dealkylation sites (tertiary alicyclic amines) is 1. The first-order valence-electron chi connectivity index (χ1n) is 13.1. The van der Waals surface area contributed by atoms with Gasteiger partial charge in [0.1, 0.15) is 11.9 Å². The third-order valence-electron chi connectivity index (χ3n) is 7.18. The molecular weight excluding hydrogens is 541 g/mol. The number of hydrogen-bond donors (Lipinski definition) is 1. The molecule has 2 unspecified atom stereocenters. The summed E-state index contributed by atoms with van der Waals surface area (Å²) in [4.78, 5) is 58.5. The molecule has 3 aliphatic heterocycles. The molecule has 2 amide bonds. The normalized spacial score (nSPS) is 22.0. The summed E-state index contributed by atoms with van der Waals surface area (Å²) in [6.45, 7) is 6.29. The Morgan fingerprint density at radius 1 is 1.15 bits per heavy atom. The number of thioether (sulfide) groups is 1. The topological polar surface area (TPSA) is 141 Å². The standard InChI is InChI=1S/C27H32FN5O6S/c1-15-31-21-13-33(14-23(21)40-15)27(37)25(39-17(3)35)24(38-16(2)34)26(36)30-12-18-6-8-32(9-7-18)22-5-4-20(28)10-19(22)11-29/h4-5,10,18,21,23-25H,6-9,12-14H2,1-3H3,(H,30,36)/t21?,23?,24-,25-/m1/s1. The molecule has 0 spiro atoms. The van der Waals surface area contributed by atoms with Gasteiger partial charge in [-0.3, -0.25) is 24.2 Å². The SMILES string of the molecule is CC(=O)O[C@@H](C(=O)NCC1CCN(c2ccc(F)cc2C#N)CC1)[C@@H](OC(C)=O)C(=O)N1CC2N=C(C)SC2C1. The van der Waals surface area contributed by atoms with E-state index in [2.05, 4.69) is 10.3 Å². The van der Waals surface area contributed by atoms with Gasteiger partial charge >= 0.3 is 11.9 Å². The molecule has 4 rings (SSSR count). The van der Waals surface area contributed by atoms with Crippen molar-refractivity contribution in [1.82, 2.24) is 10.2 Å². The molecule has 4 atom stereocenters. The van der Waals surface area contributed by atoms with Gasteiger partial charge < -0.3 is 24.6 Å². The molecule has 0 saturated carbocycles. The van der Waals surface area contributed by atoms with Gasteiger partial charge in [0.15, 0.2) is 0 Å². The molecule has 40 heavy (non-hydrogen) atoms. The second-order valence-electron chi connectivity index (χ2n) is 10.1. The van der Waals surface area contributed by atoms with Crippen molar-refractivity contribution in [2.75, 3.05) is 37.6 Å². The number of amides is 2. The number of piperidine rings is 1. The quantitative estimate of drug-likeness (QED) is 0.460. The van der Waals surface area contributed by atoms with Gasteiger partial charge in [-0.2, -0.15) is 5.26 Å². The molecule has 0 aromatic heterocycles. The molecule has 0 radical (unpaired) electrons. The summed E-state index contributed by atoms with van der Waals surface area (Å²) in [6.07, 6.45) is -1.91. The lowest BCUT2D eigenvalue weighted by molar-refractivity contribution is -0.177. The lowest BCUT2D eigenvalue weighted by Gasteiger charge is -2.34. The predicted molar refractivity (Wildman–Crippen MR) is 145 cm³/mol. The van der Waals surface area contributed by atoms with Crippen LogP contribution >= 0.6 is 11.8 Å². The Balaban J connectivity index is 1.38. The van der Waals surface area contributed by atoms with Crippen LogP contribution in [0.3, 0.4) is 0 Å². The Bertz CT molecular complexity index is 1240. The maximum atomic E-state index is 13.5. The minimum Gasteiger partial charge on any atom is -0.448 e. The van der Waals surface area contributed by atoms with E-state index in [1.54, 1.807) is 17.8 Å². The van der Waals surface area contributed by atoms with E-state index in [4.69, 9.17) is 9.47 Å². The van der Waals surface area contributed by atoms with E-state index in [0.29, 0.717) is 44.7 Å². The number of fused-ring (bicyclic) bond motifs is 1. The molecule has 3 aliphatic rings. The number of esters is 2. The van der Waals surface area contributed by atoms with Gasteiger partial charge in [0.25, 0.3) is 11.8 Å². The third kappa shape index (κ3) is 6.91. The molecule has 13 heteroatoms. The molecule has 2 saturated heterocycles. The lowest BCUT2D eigenvalue weighted by atomic mass is 9.95. The first-order valence-corrected chi connectivity index (χ1v) is 14.0. The molecular formula is C27H32FN5O6S. The highest BCUT2D eigenvalue weighted by Crippen LogP contribution is 2.33. The summed E-state index contributed by atoms with van der Waals surface area (Å²) in [7, 11) is 0. The molecule has 1 aromatic rings. The highest BCUT2D eigenvalue weighted by molar-refractivity contribution is 8.14. The summed E-state index contributed by atoms with van der Waals surface area (Å²) in [5, 5.41) is 13.2. The van der Waals surface area contributed by atoms with Crippen molar-refractivity contribution in [3.8, 4) is 6.07 Å². The van der Waals surface area contributed by atoms with Crippen LogP contribution in [0.1, 0.15) is 39.2 Å². The van der Waals surface area contributed by atoms with Gasteiger partial charge in [0.05, 0.1) is 27.6 Å². The van der Waals surface area contributed by atoms with E-state index in [1.165, 1.54) is 17.0 Å². The number of anilines is 1. The molecule has 0 bridgehead atoms. The molecule has 3 heterocycles. The van der Waals surface area contributed by atoms with Gasteiger partial charge in [0, 0.05) is 46.6 Å². The number of benzene rings is 1. The van der Waals surface area contributed by atoms with Crippen molar-refractivity contribution in [3.63, 3.8) is 0 Å². The Labute approximate surface area is 236 Å². The van der Waals surface area contributed by atoms with Crippen molar-refractivity contribution >= 4 is 46.2 Å². The van der Waals surface area contributed by atoms with Gasteiger partial charge in [-0.05, 0) is 43.9 Å². The number of halogens is 1. The van der Waals surface area contributed by atoms with Crippen molar-refractivity contribution in [2.45, 2.75) is 57.1 Å². The van der Waals surface area contributed by atoms with Crippen LogP contribution in [0, 0.1) is 23.1 Å². The zero-order valence-electron chi connectivity index (χ0n) is 22.6. The van der Waals surface area contributed by atoms with Crippen molar-refractivity contribution in [3.05, 3.63) is 29.6 Å². The number of nitrogens with zero attached hydrogens (tertiary/aromatic N) is 4. The Hall–Kier alpha value is -3.66. The van der Waals surface area contributed by atoms with Gasteiger partial charge in [-0.25, -0.2) is 4.39 Å². The van der Waals surface area contributed by atoms with Gasteiger partial charge in [-0.1, -0.05) is 0 Å². The summed E-state index contributed by atoms with van der Waals surface area (Å²) in [5.74, 6) is -3.31. The van der Waals surface area contributed by atoms with Crippen LogP contribution in [0.25, 0.3) is 0 Å². The number of carbonyl (C=O) groups is 4. The summed E-state index contributed by atoms with van der Waals surface area (Å²) < 4.78 is 24.0.